The molecule has 0 aromatic heterocycles. The van der Waals surface area contributed by atoms with Crippen LogP contribution >= 0.6 is 0 Å². The van der Waals surface area contributed by atoms with E-state index in [9.17, 15) is 18.9 Å². The fourth-order valence-electron chi connectivity index (χ4n) is 0.843. The number of alkyl halides is 2. The van der Waals surface area contributed by atoms with Gasteiger partial charge in [-0.1, -0.05) is 0 Å². The number of rotatable bonds is 3. The van der Waals surface area contributed by atoms with Gasteiger partial charge >= 0.3 is 6.11 Å². The van der Waals surface area contributed by atoms with Crippen molar-refractivity contribution >= 4 is 5.69 Å². The number of non-ortho nitro benzene ring substituents is 1. The van der Waals surface area contributed by atoms with E-state index in [0.717, 1.165) is 24.3 Å². The van der Waals surface area contributed by atoms with E-state index >= 15 is 0 Å². The maximum atomic E-state index is 12.3. The van der Waals surface area contributed by atoms with E-state index in [1.54, 1.807) is 0 Å². The molecule has 0 unspecified atom stereocenters. The number of benzene rings is 1. The molecule has 0 radical (unpaired) electrons. The summed E-state index contributed by atoms with van der Waals surface area (Å²) < 4.78 is 28.8. The van der Waals surface area contributed by atoms with Crippen molar-refractivity contribution in [3.05, 3.63) is 34.4 Å². The molecule has 0 bridgehead atoms. The third-order valence-electron chi connectivity index (χ3n) is 1.34. The molecular weight excluding hydrogens is 196 g/mol. The van der Waals surface area contributed by atoms with Gasteiger partial charge in [0.2, 0.25) is 0 Å². The fraction of sp³-hybridized carbons (Fsp3) is 0.250. The molecule has 0 atom stereocenters. The van der Waals surface area contributed by atoms with Gasteiger partial charge in [0.15, 0.2) is 0 Å². The molecule has 0 saturated carbocycles. The Morgan fingerprint density at radius 3 is 2.21 bits per heavy atom. The monoisotopic (exact) mass is 203 g/mol. The molecule has 1 aromatic carbocycles. The van der Waals surface area contributed by atoms with Crippen molar-refractivity contribution in [3.8, 4) is 5.75 Å². The second kappa shape index (κ2) is 3.57. The van der Waals surface area contributed by atoms with E-state index < -0.39 is 11.0 Å². The number of nitro groups is 1. The summed E-state index contributed by atoms with van der Waals surface area (Å²) in [5.41, 5.74) is -0.170. The van der Waals surface area contributed by atoms with Crippen LogP contribution in [0.2, 0.25) is 0 Å². The highest BCUT2D eigenvalue weighted by molar-refractivity contribution is 5.36. The van der Waals surface area contributed by atoms with Crippen molar-refractivity contribution < 1.29 is 18.4 Å². The summed E-state index contributed by atoms with van der Waals surface area (Å²) in [5.74, 6) is -0.108. The molecule has 0 fully saturated rings. The van der Waals surface area contributed by atoms with Gasteiger partial charge in [0, 0.05) is 19.1 Å². The van der Waals surface area contributed by atoms with Crippen LogP contribution in [0.25, 0.3) is 0 Å². The van der Waals surface area contributed by atoms with Crippen molar-refractivity contribution in [3.63, 3.8) is 0 Å². The van der Waals surface area contributed by atoms with E-state index in [-0.39, 0.29) is 11.4 Å². The van der Waals surface area contributed by atoms with Gasteiger partial charge < -0.3 is 4.74 Å². The minimum atomic E-state index is -3.28. The molecule has 1 rings (SSSR count). The van der Waals surface area contributed by atoms with Crippen LogP contribution in [0.3, 0.4) is 0 Å². The zero-order valence-electron chi connectivity index (χ0n) is 7.24. The number of ether oxygens (including phenoxy) is 1. The Kier molecular flexibility index (Phi) is 2.64. The average Bonchev–Trinajstić information content (AvgIpc) is 2.02. The summed E-state index contributed by atoms with van der Waals surface area (Å²) in [4.78, 5) is 9.60. The molecule has 0 heterocycles. The Labute approximate surface area is 78.3 Å². The fourth-order valence-corrected chi connectivity index (χ4v) is 0.843. The lowest BCUT2D eigenvalue weighted by atomic mass is 10.3. The lowest BCUT2D eigenvalue weighted by molar-refractivity contribution is -0.384. The first-order valence-electron chi connectivity index (χ1n) is 3.70. The quantitative estimate of drug-likeness (QED) is 0.560. The number of hydrogen-bond donors (Lipinski definition) is 0. The predicted molar refractivity (Wildman–Crippen MR) is 44.3 cm³/mol. The molecule has 0 spiro atoms. The summed E-state index contributed by atoms with van der Waals surface area (Å²) in [6.45, 7) is 0.592. The Morgan fingerprint density at radius 2 is 1.86 bits per heavy atom. The first-order valence-corrected chi connectivity index (χ1v) is 3.70. The van der Waals surface area contributed by atoms with Gasteiger partial charge in [0.05, 0.1) is 4.92 Å². The van der Waals surface area contributed by atoms with Crippen LogP contribution in [0.1, 0.15) is 6.92 Å². The van der Waals surface area contributed by atoms with Gasteiger partial charge in [-0.15, -0.1) is 0 Å². The van der Waals surface area contributed by atoms with Gasteiger partial charge in [-0.05, 0) is 12.1 Å². The highest BCUT2D eigenvalue weighted by atomic mass is 19.3. The molecular formula is C8H7F2NO3. The minimum absolute atomic E-state index is 0.108. The van der Waals surface area contributed by atoms with Crippen molar-refractivity contribution in [1.29, 1.82) is 0 Å². The Morgan fingerprint density at radius 1 is 1.36 bits per heavy atom. The van der Waals surface area contributed by atoms with Gasteiger partial charge in [-0.3, -0.25) is 10.1 Å². The third kappa shape index (κ3) is 2.96. The second-order valence-electron chi connectivity index (χ2n) is 2.66. The van der Waals surface area contributed by atoms with Crippen LogP contribution in [-0.2, 0) is 0 Å². The van der Waals surface area contributed by atoms with E-state index in [2.05, 4.69) is 4.74 Å². The average molecular weight is 203 g/mol. The third-order valence-corrected chi connectivity index (χ3v) is 1.34. The van der Waals surface area contributed by atoms with Crippen molar-refractivity contribution in [2.45, 2.75) is 13.0 Å². The van der Waals surface area contributed by atoms with Gasteiger partial charge in [-0.2, -0.15) is 8.78 Å². The zero-order chi connectivity index (χ0) is 10.8. The van der Waals surface area contributed by atoms with Crippen molar-refractivity contribution in [1.82, 2.24) is 0 Å². The van der Waals surface area contributed by atoms with E-state index in [4.69, 9.17) is 0 Å². The first-order chi connectivity index (χ1) is 6.38. The van der Waals surface area contributed by atoms with Crippen molar-refractivity contribution in [2.75, 3.05) is 0 Å². The topological polar surface area (TPSA) is 52.4 Å². The van der Waals surface area contributed by atoms with Crippen LogP contribution < -0.4 is 4.74 Å². The minimum Gasteiger partial charge on any atom is -0.433 e. The van der Waals surface area contributed by atoms with E-state index in [0.29, 0.717) is 6.92 Å². The van der Waals surface area contributed by atoms with Crippen LogP contribution in [0.15, 0.2) is 24.3 Å². The number of nitrogens with zero attached hydrogens (tertiary/aromatic N) is 1. The highest BCUT2D eigenvalue weighted by Gasteiger charge is 2.23. The van der Waals surface area contributed by atoms with Gasteiger partial charge in [-0.25, -0.2) is 0 Å². The van der Waals surface area contributed by atoms with Gasteiger partial charge in [0.25, 0.3) is 5.69 Å². The standard InChI is InChI=1S/C8H7F2NO3/c1-8(9,10)14-7-4-2-6(3-5-7)11(12)13/h2-5H,1H3. The summed E-state index contributed by atoms with van der Waals surface area (Å²) in [6, 6.07) is 4.44. The van der Waals surface area contributed by atoms with Crippen molar-refractivity contribution in [2.24, 2.45) is 0 Å². The molecule has 0 N–H and O–H groups in total. The second-order valence-corrected chi connectivity index (χ2v) is 2.66. The normalized spacial score (nSPS) is 11.1. The SMILES string of the molecule is CC(F)(F)Oc1ccc([N+](=O)[O-])cc1. The smallest absolute Gasteiger partial charge is 0.394 e. The molecule has 0 saturated heterocycles. The molecule has 4 nitrogen and oxygen atoms in total. The molecule has 0 aliphatic rings. The molecule has 76 valence electrons. The first kappa shape index (κ1) is 10.4. The predicted octanol–water partition coefficient (Wildman–Crippen LogP) is 2.59. The molecule has 1 aromatic rings. The summed E-state index contributed by atoms with van der Waals surface area (Å²) in [5, 5.41) is 10.2. The Balaban J connectivity index is 2.79. The molecule has 0 aliphatic carbocycles. The van der Waals surface area contributed by atoms with Crippen LogP contribution in [-0.4, -0.2) is 11.0 Å². The largest absolute Gasteiger partial charge is 0.433 e. The lowest BCUT2D eigenvalue weighted by Crippen LogP contribution is -2.18. The Hall–Kier alpha value is -1.72. The van der Waals surface area contributed by atoms with Crippen LogP contribution in [0.4, 0.5) is 14.5 Å². The maximum Gasteiger partial charge on any atom is 0.394 e. The molecule has 0 amide bonds. The Bertz CT molecular complexity index is 331. The summed E-state index contributed by atoms with van der Waals surface area (Å²) >= 11 is 0. The summed E-state index contributed by atoms with van der Waals surface area (Å²) in [6.07, 6.45) is -3.28. The van der Waals surface area contributed by atoms with Crippen LogP contribution in [0, 0.1) is 10.1 Å². The molecule has 6 heteroatoms. The molecule has 14 heavy (non-hydrogen) atoms. The lowest BCUT2D eigenvalue weighted by Gasteiger charge is -2.12. The van der Waals surface area contributed by atoms with E-state index in [1.165, 1.54) is 0 Å². The number of halogens is 2. The highest BCUT2D eigenvalue weighted by Crippen LogP contribution is 2.23. The van der Waals surface area contributed by atoms with E-state index in [1.807, 2.05) is 0 Å². The molecule has 0 aliphatic heterocycles. The summed E-state index contributed by atoms with van der Waals surface area (Å²) in [7, 11) is 0. The number of nitro benzene ring substituents is 1. The number of hydrogen-bond acceptors (Lipinski definition) is 3. The zero-order valence-corrected chi connectivity index (χ0v) is 7.24. The van der Waals surface area contributed by atoms with Gasteiger partial charge in [0.1, 0.15) is 5.75 Å². The maximum absolute atomic E-state index is 12.3. The van der Waals surface area contributed by atoms with Crippen LogP contribution in [0.5, 0.6) is 5.75 Å².